The third-order valence-corrected chi connectivity index (χ3v) is 5.51. The van der Waals surface area contributed by atoms with Crippen molar-refractivity contribution in [1.29, 1.82) is 0 Å². The molecule has 3 aromatic rings. The number of hydrogen-bond donors (Lipinski definition) is 0. The van der Waals surface area contributed by atoms with Gasteiger partial charge in [0.25, 0.3) is 5.91 Å². The Morgan fingerprint density at radius 1 is 1.03 bits per heavy atom. The van der Waals surface area contributed by atoms with E-state index in [1.165, 1.54) is 0 Å². The van der Waals surface area contributed by atoms with Crippen LogP contribution in [0.3, 0.4) is 0 Å². The maximum Gasteiger partial charge on any atom is 0.260 e. The highest BCUT2D eigenvalue weighted by atomic mass is 35.5. The van der Waals surface area contributed by atoms with Crippen LogP contribution in [0.5, 0.6) is 5.75 Å². The maximum atomic E-state index is 12.9. The quantitative estimate of drug-likeness (QED) is 0.381. The van der Waals surface area contributed by atoms with Crippen molar-refractivity contribution in [3.63, 3.8) is 0 Å². The van der Waals surface area contributed by atoms with E-state index in [1.54, 1.807) is 24.3 Å². The highest BCUT2D eigenvalue weighted by Gasteiger charge is 2.16. The number of carbonyl (C=O) groups is 1. The summed E-state index contributed by atoms with van der Waals surface area (Å²) in [7, 11) is 0. The number of benzene rings is 2. The molecule has 0 fully saturated rings. The molecule has 158 valence electrons. The minimum atomic E-state index is -0.0381. The van der Waals surface area contributed by atoms with E-state index in [0.29, 0.717) is 30.4 Å². The monoisotopic (exact) mass is 444 g/mol. The van der Waals surface area contributed by atoms with Crippen molar-refractivity contribution in [2.24, 2.45) is 0 Å². The van der Waals surface area contributed by atoms with Gasteiger partial charge in [0.05, 0.1) is 6.54 Å². The lowest BCUT2D eigenvalue weighted by atomic mass is 10.2. The van der Waals surface area contributed by atoms with E-state index in [-0.39, 0.29) is 12.5 Å². The summed E-state index contributed by atoms with van der Waals surface area (Å²) >= 11 is 12.2. The van der Waals surface area contributed by atoms with Gasteiger partial charge in [-0.25, -0.2) is 0 Å². The predicted molar refractivity (Wildman–Crippen MR) is 122 cm³/mol. The van der Waals surface area contributed by atoms with Crippen molar-refractivity contribution >= 4 is 29.1 Å². The molecule has 1 aromatic heterocycles. The highest BCUT2D eigenvalue weighted by molar-refractivity contribution is 6.31. The van der Waals surface area contributed by atoms with Crippen LogP contribution in [-0.2, 0) is 17.9 Å². The number of unbranched alkanes of at least 4 members (excludes halogenated alkanes) is 1. The van der Waals surface area contributed by atoms with Crippen LogP contribution >= 0.6 is 23.2 Å². The van der Waals surface area contributed by atoms with Gasteiger partial charge in [0, 0.05) is 35.0 Å². The Morgan fingerprint density at radius 3 is 2.53 bits per heavy atom. The molecule has 3 rings (SSSR count). The first-order valence-corrected chi connectivity index (χ1v) is 10.9. The summed E-state index contributed by atoms with van der Waals surface area (Å²) in [5.41, 5.74) is 2.11. The van der Waals surface area contributed by atoms with Gasteiger partial charge in [-0.1, -0.05) is 54.7 Å². The highest BCUT2D eigenvalue weighted by Crippen LogP contribution is 2.19. The Balaban J connectivity index is 1.67. The molecule has 0 unspecified atom stereocenters. The predicted octanol–water partition coefficient (Wildman–Crippen LogP) is 6.05. The van der Waals surface area contributed by atoms with E-state index in [4.69, 9.17) is 27.9 Å². The average Bonchev–Trinajstić information content (AvgIpc) is 3.18. The molecule has 0 aliphatic carbocycles. The minimum absolute atomic E-state index is 0.00340. The fraction of sp³-hybridized carbons (Fsp3) is 0.292. The number of amides is 1. The zero-order valence-corrected chi connectivity index (χ0v) is 18.6. The molecule has 0 radical (unpaired) electrons. The summed E-state index contributed by atoms with van der Waals surface area (Å²) in [6, 6.07) is 18.9. The van der Waals surface area contributed by atoms with Crippen molar-refractivity contribution in [2.75, 3.05) is 13.2 Å². The second-order valence-corrected chi connectivity index (χ2v) is 7.97. The fourth-order valence-corrected chi connectivity index (χ4v) is 3.48. The third-order valence-electron chi connectivity index (χ3n) is 4.89. The van der Waals surface area contributed by atoms with Crippen LogP contribution in [0, 0.1) is 0 Å². The number of ether oxygens (including phenoxy) is 1. The van der Waals surface area contributed by atoms with Gasteiger partial charge < -0.3 is 14.2 Å². The Hall–Kier alpha value is -2.43. The topological polar surface area (TPSA) is 34.5 Å². The summed E-state index contributed by atoms with van der Waals surface area (Å²) in [4.78, 5) is 14.7. The van der Waals surface area contributed by atoms with E-state index in [2.05, 4.69) is 11.5 Å². The van der Waals surface area contributed by atoms with Crippen LogP contribution in [0.4, 0.5) is 0 Å². The van der Waals surface area contributed by atoms with Crippen molar-refractivity contribution in [3.05, 3.63) is 88.2 Å². The number of aromatic nitrogens is 1. The number of carbonyl (C=O) groups excluding carboxylic acids is 1. The molecule has 0 N–H and O–H groups in total. The van der Waals surface area contributed by atoms with E-state index in [0.717, 1.165) is 29.1 Å². The Labute approximate surface area is 188 Å². The van der Waals surface area contributed by atoms with Gasteiger partial charge in [-0.15, -0.1) is 0 Å². The second kappa shape index (κ2) is 11.1. The summed E-state index contributed by atoms with van der Waals surface area (Å²) < 4.78 is 7.80. The van der Waals surface area contributed by atoms with Crippen LogP contribution in [-0.4, -0.2) is 28.5 Å². The van der Waals surface area contributed by atoms with Crippen molar-refractivity contribution in [1.82, 2.24) is 9.47 Å². The number of halogens is 2. The van der Waals surface area contributed by atoms with Crippen LogP contribution in [0.1, 0.15) is 31.0 Å². The molecule has 6 heteroatoms. The zero-order chi connectivity index (χ0) is 21.3. The van der Waals surface area contributed by atoms with Crippen LogP contribution in [0.25, 0.3) is 0 Å². The first kappa shape index (κ1) is 22.3. The Morgan fingerprint density at radius 2 is 1.80 bits per heavy atom. The fourth-order valence-electron chi connectivity index (χ4n) is 3.16. The molecule has 0 saturated carbocycles. The molecule has 1 amide bonds. The molecule has 4 nitrogen and oxygen atoms in total. The van der Waals surface area contributed by atoms with Gasteiger partial charge in [-0.2, -0.15) is 0 Å². The van der Waals surface area contributed by atoms with Gasteiger partial charge in [-0.05, 0) is 54.4 Å². The molecule has 0 aliphatic rings. The Kier molecular flexibility index (Phi) is 8.23. The van der Waals surface area contributed by atoms with E-state index < -0.39 is 0 Å². The van der Waals surface area contributed by atoms with Crippen molar-refractivity contribution in [2.45, 2.75) is 32.9 Å². The SMILES string of the molecule is CCCCN(Cc1cccn1Cc1ccccc1Cl)C(=O)COc1ccc(Cl)cc1. The summed E-state index contributed by atoms with van der Waals surface area (Å²) in [6.07, 6.45) is 3.98. The van der Waals surface area contributed by atoms with E-state index in [1.807, 2.05) is 47.5 Å². The Bertz CT molecular complexity index is 954. The summed E-state index contributed by atoms with van der Waals surface area (Å²) in [5, 5.41) is 1.38. The molecule has 0 aliphatic heterocycles. The largest absolute Gasteiger partial charge is 0.484 e. The molecule has 30 heavy (non-hydrogen) atoms. The molecule has 0 spiro atoms. The summed E-state index contributed by atoms with van der Waals surface area (Å²) in [6.45, 7) is 4.00. The van der Waals surface area contributed by atoms with Crippen LogP contribution in [0.15, 0.2) is 66.9 Å². The van der Waals surface area contributed by atoms with Crippen LogP contribution in [0.2, 0.25) is 10.0 Å². The second-order valence-electron chi connectivity index (χ2n) is 7.13. The molecule has 0 bridgehead atoms. The van der Waals surface area contributed by atoms with Gasteiger partial charge >= 0.3 is 0 Å². The first-order valence-electron chi connectivity index (χ1n) is 10.1. The van der Waals surface area contributed by atoms with Gasteiger partial charge in [-0.3, -0.25) is 4.79 Å². The lowest BCUT2D eigenvalue weighted by molar-refractivity contribution is -0.134. The standard InChI is InChI=1S/C24H26Cl2N2O2/c1-2-3-14-28(24(29)18-30-22-12-10-20(25)11-13-22)17-21-8-6-15-27(21)16-19-7-4-5-9-23(19)26/h4-13,15H,2-3,14,16-18H2,1H3. The van der Waals surface area contributed by atoms with E-state index >= 15 is 0 Å². The lowest BCUT2D eigenvalue weighted by Gasteiger charge is -2.24. The first-order chi connectivity index (χ1) is 14.6. The molecular weight excluding hydrogens is 419 g/mol. The van der Waals surface area contributed by atoms with Crippen molar-refractivity contribution < 1.29 is 9.53 Å². The number of rotatable bonds is 10. The maximum absolute atomic E-state index is 12.9. The third kappa shape index (κ3) is 6.28. The lowest BCUT2D eigenvalue weighted by Crippen LogP contribution is -2.36. The van der Waals surface area contributed by atoms with Crippen LogP contribution < -0.4 is 4.74 Å². The molecule has 1 heterocycles. The summed E-state index contributed by atoms with van der Waals surface area (Å²) in [5.74, 6) is 0.592. The molecule has 0 saturated heterocycles. The van der Waals surface area contributed by atoms with E-state index in [9.17, 15) is 4.79 Å². The molecule has 2 aromatic carbocycles. The molecular formula is C24H26Cl2N2O2. The average molecular weight is 445 g/mol. The van der Waals surface area contributed by atoms with Gasteiger partial charge in [0.1, 0.15) is 5.75 Å². The molecule has 0 atom stereocenters. The number of hydrogen-bond acceptors (Lipinski definition) is 2. The van der Waals surface area contributed by atoms with Crippen molar-refractivity contribution in [3.8, 4) is 5.75 Å². The normalized spacial score (nSPS) is 10.8. The minimum Gasteiger partial charge on any atom is -0.484 e. The smallest absolute Gasteiger partial charge is 0.260 e. The van der Waals surface area contributed by atoms with Gasteiger partial charge in [0.2, 0.25) is 0 Å². The number of nitrogens with zero attached hydrogens (tertiary/aromatic N) is 2. The zero-order valence-electron chi connectivity index (χ0n) is 17.1. The van der Waals surface area contributed by atoms with Gasteiger partial charge in [0.15, 0.2) is 6.61 Å².